The maximum Gasteiger partial charge on any atom is 0.251 e. The van der Waals surface area contributed by atoms with Crippen molar-refractivity contribution in [1.29, 1.82) is 0 Å². The molecule has 2 aromatic rings. The van der Waals surface area contributed by atoms with Gasteiger partial charge in [-0.15, -0.1) is 0 Å². The first-order valence-electron chi connectivity index (χ1n) is 9.90. The number of carbonyl (C=O) groups is 2. The lowest BCUT2D eigenvalue weighted by atomic mass is 9.94. The third kappa shape index (κ3) is 4.59. The van der Waals surface area contributed by atoms with Crippen molar-refractivity contribution in [3.8, 4) is 11.5 Å². The van der Waals surface area contributed by atoms with E-state index in [4.69, 9.17) is 9.47 Å². The maximum atomic E-state index is 12.3. The number of anilines is 2. The van der Waals surface area contributed by atoms with Gasteiger partial charge in [0, 0.05) is 43.3 Å². The number of rotatable bonds is 4. The van der Waals surface area contributed by atoms with E-state index in [1.54, 1.807) is 18.2 Å². The summed E-state index contributed by atoms with van der Waals surface area (Å²) in [5.74, 6) is 0.543. The second kappa shape index (κ2) is 7.99. The van der Waals surface area contributed by atoms with Crippen LogP contribution in [-0.4, -0.2) is 17.6 Å². The topological polar surface area (TPSA) is 76.7 Å². The molecule has 0 saturated heterocycles. The normalized spacial score (nSPS) is 16.7. The van der Waals surface area contributed by atoms with Crippen LogP contribution in [-0.2, 0) is 9.59 Å². The minimum absolute atomic E-state index is 0.120. The smallest absolute Gasteiger partial charge is 0.251 e. The fraction of sp³-hybridized carbons (Fsp3) is 0.304. The van der Waals surface area contributed by atoms with Crippen LogP contribution in [0.3, 0.4) is 0 Å². The van der Waals surface area contributed by atoms with E-state index >= 15 is 0 Å². The largest absolute Gasteiger partial charge is 0.448 e. The Morgan fingerprint density at radius 1 is 0.897 bits per heavy atom. The molecule has 0 radical (unpaired) electrons. The quantitative estimate of drug-likeness (QED) is 0.738. The van der Waals surface area contributed by atoms with Crippen molar-refractivity contribution in [1.82, 2.24) is 0 Å². The van der Waals surface area contributed by atoms with Crippen LogP contribution in [0.25, 0.3) is 6.08 Å². The third-order valence-corrected chi connectivity index (χ3v) is 5.08. The van der Waals surface area contributed by atoms with Crippen LogP contribution in [0.5, 0.6) is 11.5 Å². The first kappa shape index (κ1) is 19.1. The van der Waals surface area contributed by atoms with Gasteiger partial charge in [0.05, 0.1) is 0 Å². The lowest BCUT2D eigenvalue weighted by molar-refractivity contribution is -0.114. The molecule has 2 N–H and O–H groups in total. The van der Waals surface area contributed by atoms with Gasteiger partial charge in [0.15, 0.2) is 11.5 Å². The van der Waals surface area contributed by atoms with Gasteiger partial charge in [-0.3, -0.25) is 9.59 Å². The highest BCUT2D eigenvalue weighted by Crippen LogP contribution is 2.46. The summed E-state index contributed by atoms with van der Waals surface area (Å²) < 4.78 is 12.2. The highest BCUT2D eigenvalue weighted by atomic mass is 16.7. The Balaban J connectivity index is 1.36. The highest BCUT2D eigenvalue weighted by molar-refractivity contribution is 6.02. The first-order valence-corrected chi connectivity index (χ1v) is 9.90. The Hall–Kier alpha value is -3.28. The third-order valence-electron chi connectivity index (χ3n) is 5.08. The van der Waals surface area contributed by atoms with E-state index in [1.165, 1.54) is 19.4 Å². The van der Waals surface area contributed by atoms with Crippen LogP contribution < -0.4 is 20.1 Å². The van der Waals surface area contributed by atoms with Crippen LogP contribution in [0.4, 0.5) is 11.4 Å². The van der Waals surface area contributed by atoms with E-state index in [1.807, 2.05) is 30.3 Å². The monoisotopic (exact) mass is 392 g/mol. The number of benzene rings is 2. The summed E-state index contributed by atoms with van der Waals surface area (Å²) in [5, 5.41) is 5.56. The first-order chi connectivity index (χ1) is 14.0. The highest BCUT2D eigenvalue weighted by Gasteiger charge is 2.42. The Morgan fingerprint density at radius 3 is 2.31 bits per heavy atom. The summed E-state index contributed by atoms with van der Waals surface area (Å²) in [6, 6.07) is 12.7. The van der Waals surface area contributed by atoms with Gasteiger partial charge < -0.3 is 20.1 Å². The van der Waals surface area contributed by atoms with E-state index in [0.717, 1.165) is 42.7 Å². The lowest BCUT2D eigenvalue weighted by Crippen LogP contribution is -2.40. The SMILES string of the molecule is CC(=O)Nc1ccc(/C=C/C(=O)Nc2ccc3c(c2)OC2(CCCCC2)O3)cc1. The second-order valence-electron chi connectivity index (χ2n) is 7.46. The van der Waals surface area contributed by atoms with E-state index in [2.05, 4.69) is 10.6 Å². The number of amides is 2. The number of ether oxygens (including phenoxy) is 2. The Bertz CT molecular complexity index is 944. The van der Waals surface area contributed by atoms with Crippen molar-refractivity contribution in [2.45, 2.75) is 44.8 Å². The molecule has 2 aliphatic rings. The van der Waals surface area contributed by atoms with Gasteiger partial charge in [-0.2, -0.15) is 0 Å². The molecule has 1 saturated carbocycles. The molecule has 1 aliphatic heterocycles. The minimum atomic E-state index is -0.521. The van der Waals surface area contributed by atoms with Crippen molar-refractivity contribution in [3.05, 3.63) is 54.1 Å². The van der Waals surface area contributed by atoms with Crippen molar-refractivity contribution >= 4 is 29.3 Å². The molecule has 0 aromatic heterocycles. The van der Waals surface area contributed by atoms with Crippen LogP contribution in [0.1, 0.15) is 44.6 Å². The summed E-state index contributed by atoms with van der Waals surface area (Å²) in [4.78, 5) is 23.3. The van der Waals surface area contributed by atoms with E-state index in [0.29, 0.717) is 11.4 Å². The van der Waals surface area contributed by atoms with E-state index in [-0.39, 0.29) is 11.8 Å². The number of fused-ring (bicyclic) bond motifs is 1. The van der Waals surface area contributed by atoms with Gasteiger partial charge in [-0.1, -0.05) is 18.6 Å². The summed E-state index contributed by atoms with van der Waals surface area (Å²) >= 11 is 0. The van der Waals surface area contributed by atoms with Gasteiger partial charge in [0.1, 0.15) is 0 Å². The fourth-order valence-corrected chi connectivity index (χ4v) is 3.70. The fourth-order valence-electron chi connectivity index (χ4n) is 3.70. The van der Waals surface area contributed by atoms with E-state index in [9.17, 15) is 9.59 Å². The molecule has 0 atom stereocenters. The molecule has 150 valence electrons. The zero-order chi connectivity index (χ0) is 20.3. The predicted octanol–water partition coefficient (Wildman–Crippen LogP) is 4.73. The number of nitrogens with one attached hydrogen (secondary N) is 2. The zero-order valence-electron chi connectivity index (χ0n) is 16.4. The van der Waals surface area contributed by atoms with Gasteiger partial charge in [0.2, 0.25) is 11.8 Å². The van der Waals surface area contributed by atoms with Crippen LogP contribution in [0.2, 0.25) is 0 Å². The summed E-state index contributed by atoms with van der Waals surface area (Å²) in [6.07, 6.45) is 8.41. The number of carbonyl (C=O) groups excluding carboxylic acids is 2. The summed E-state index contributed by atoms with van der Waals surface area (Å²) in [5.41, 5.74) is 2.24. The van der Waals surface area contributed by atoms with Gasteiger partial charge >= 0.3 is 0 Å². The minimum Gasteiger partial charge on any atom is -0.448 e. The van der Waals surface area contributed by atoms with Crippen molar-refractivity contribution in [2.24, 2.45) is 0 Å². The van der Waals surface area contributed by atoms with Crippen LogP contribution >= 0.6 is 0 Å². The molecule has 1 fully saturated rings. The average molecular weight is 392 g/mol. The molecule has 0 bridgehead atoms. The van der Waals surface area contributed by atoms with Gasteiger partial charge in [0.25, 0.3) is 5.79 Å². The van der Waals surface area contributed by atoms with E-state index < -0.39 is 5.79 Å². The molecular formula is C23H24N2O4. The van der Waals surface area contributed by atoms with Crippen molar-refractivity contribution in [3.63, 3.8) is 0 Å². The molecule has 1 aliphatic carbocycles. The van der Waals surface area contributed by atoms with Crippen LogP contribution in [0.15, 0.2) is 48.5 Å². The maximum absolute atomic E-state index is 12.3. The summed E-state index contributed by atoms with van der Waals surface area (Å²) in [7, 11) is 0. The molecular weight excluding hydrogens is 368 g/mol. The van der Waals surface area contributed by atoms with Gasteiger partial charge in [-0.25, -0.2) is 0 Å². The molecule has 0 unspecified atom stereocenters. The molecule has 2 amide bonds. The summed E-state index contributed by atoms with van der Waals surface area (Å²) in [6.45, 7) is 1.46. The molecule has 1 heterocycles. The molecule has 1 spiro atoms. The standard InChI is InChI=1S/C23H24N2O4/c1-16(26)24-18-8-5-17(6-9-18)7-12-22(27)25-19-10-11-20-21(15-19)29-23(28-20)13-3-2-4-14-23/h5-12,15H,2-4,13-14H2,1H3,(H,24,26)(H,25,27)/b12-7+. The predicted molar refractivity (Wildman–Crippen MR) is 112 cm³/mol. The average Bonchev–Trinajstić information content (AvgIpc) is 3.04. The number of hydrogen-bond acceptors (Lipinski definition) is 4. The Morgan fingerprint density at radius 2 is 1.59 bits per heavy atom. The Labute approximate surface area is 169 Å². The number of hydrogen-bond donors (Lipinski definition) is 2. The lowest BCUT2D eigenvalue weighted by Gasteiger charge is -2.31. The molecule has 6 heteroatoms. The molecule has 4 rings (SSSR count). The Kier molecular flexibility index (Phi) is 5.25. The zero-order valence-corrected chi connectivity index (χ0v) is 16.4. The second-order valence-corrected chi connectivity index (χ2v) is 7.46. The van der Waals surface area contributed by atoms with Gasteiger partial charge in [-0.05, 0) is 48.7 Å². The molecule has 29 heavy (non-hydrogen) atoms. The van der Waals surface area contributed by atoms with Crippen molar-refractivity contribution in [2.75, 3.05) is 10.6 Å². The van der Waals surface area contributed by atoms with Crippen LogP contribution in [0, 0.1) is 0 Å². The molecule has 2 aromatic carbocycles. The molecule has 6 nitrogen and oxygen atoms in total. The van der Waals surface area contributed by atoms with Crippen molar-refractivity contribution < 1.29 is 19.1 Å².